The molecular weight excluding hydrogens is 474 g/mol. The highest BCUT2D eigenvalue weighted by Gasteiger charge is 2.47. The first-order valence-electron chi connectivity index (χ1n) is 12.7. The summed E-state index contributed by atoms with van der Waals surface area (Å²) in [6.07, 6.45) is 4.25. The summed E-state index contributed by atoms with van der Waals surface area (Å²) >= 11 is 0. The molecule has 0 bridgehead atoms. The highest BCUT2D eigenvalue weighted by atomic mass is 32.2. The van der Waals surface area contributed by atoms with Crippen molar-refractivity contribution in [1.29, 1.82) is 0 Å². The Morgan fingerprint density at radius 3 is 2.56 bits per heavy atom. The maximum absolute atomic E-state index is 12.9. The molecule has 2 aliphatic rings. The number of hydrogen-bond acceptors (Lipinski definition) is 5. The van der Waals surface area contributed by atoms with E-state index in [1.807, 2.05) is 65.5 Å². The molecular formula is C28H33N3O4S. The van der Waals surface area contributed by atoms with Crippen LogP contribution in [0.25, 0.3) is 16.9 Å². The highest BCUT2D eigenvalue weighted by molar-refractivity contribution is 7.91. The van der Waals surface area contributed by atoms with E-state index >= 15 is 0 Å². The summed E-state index contributed by atoms with van der Waals surface area (Å²) in [7, 11) is -3.03. The van der Waals surface area contributed by atoms with Gasteiger partial charge in [0.05, 0.1) is 29.5 Å². The first kappa shape index (κ1) is 24.6. The van der Waals surface area contributed by atoms with E-state index in [0.717, 1.165) is 41.1 Å². The van der Waals surface area contributed by atoms with Gasteiger partial charge >= 0.3 is 0 Å². The number of aromatic nitrogens is 2. The number of benzene rings is 2. The van der Waals surface area contributed by atoms with Gasteiger partial charge in [-0.25, -0.2) is 13.1 Å². The number of rotatable bonds is 9. The summed E-state index contributed by atoms with van der Waals surface area (Å²) < 4.78 is 31.3. The normalized spacial score (nSPS) is 22.5. The number of nitrogens with zero attached hydrogens (tertiary/aromatic N) is 2. The van der Waals surface area contributed by atoms with Gasteiger partial charge in [0, 0.05) is 29.3 Å². The third-order valence-electron chi connectivity index (χ3n) is 6.96. The lowest BCUT2D eigenvalue weighted by molar-refractivity contribution is -0.122. The zero-order valence-electron chi connectivity index (χ0n) is 20.8. The molecule has 1 amide bonds. The average Bonchev–Trinajstić information content (AvgIpc) is 3.41. The fraction of sp³-hybridized carbons (Fsp3) is 0.429. The molecule has 1 aliphatic carbocycles. The molecule has 3 unspecified atom stereocenters. The van der Waals surface area contributed by atoms with Crippen LogP contribution in [0.5, 0.6) is 5.75 Å². The number of sulfone groups is 1. The average molecular weight is 508 g/mol. The smallest absolute Gasteiger partial charge is 0.223 e. The van der Waals surface area contributed by atoms with Gasteiger partial charge in [-0.2, -0.15) is 5.10 Å². The molecule has 2 fully saturated rings. The number of para-hydroxylation sites is 1. The van der Waals surface area contributed by atoms with Crippen molar-refractivity contribution in [3.8, 4) is 22.7 Å². The molecule has 1 aromatic heterocycles. The van der Waals surface area contributed by atoms with Crippen molar-refractivity contribution in [1.82, 2.24) is 15.1 Å². The Morgan fingerprint density at radius 2 is 1.89 bits per heavy atom. The molecule has 1 saturated carbocycles. The number of nitrogens with one attached hydrogen (secondary N) is 1. The molecule has 3 atom stereocenters. The van der Waals surface area contributed by atoms with Crippen LogP contribution in [0.1, 0.15) is 44.6 Å². The summed E-state index contributed by atoms with van der Waals surface area (Å²) in [5.41, 5.74) is 3.82. The van der Waals surface area contributed by atoms with Gasteiger partial charge in [-0.3, -0.25) is 4.79 Å². The van der Waals surface area contributed by atoms with Gasteiger partial charge in [-0.15, -0.1) is 0 Å². The van der Waals surface area contributed by atoms with E-state index in [2.05, 4.69) is 19.2 Å². The minimum Gasteiger partial charge on any atom is -0.494 e. The van der Waals surface area contributed by atoms with Crippen molar-refractivity contribution in [3.05, 3.63) is 66.4 Å². The number of ether oxygens (including phenoxy) is 1. The fourth-order valence-corrected chi connectivity index (χ4v) is 6.44. The van der Waals surface area contributed by atoms with E-state index in [1.54, 1.807) is 0 Å². The molecule has 2 heterocycles. The minimum atomic E-state index is -3.03. The first-order chi connectivity index (χ1) is 17.3. The van der Waals surface area contributed by atoms with Crippen molar-refractivity contribution in [2.24, 2.45) is 11.8 Å². The lowest BCUT2D eigenvalue weighted by Gasteiger charge is -2.11. The Hall–Kier alpha value is -3.13. The highest BCUT2D eigenvalue weighted by Crippen LogP contribution is 2.50. The Kier molecular flexibility index (Phi) is 6.88. The number of amides is 1. The minimum absolute atomic E-state index is 0.0406. The molecule has 7 nitrogen and oxygen atoms in total. The zero-order valence-corrected chi connectivity index (χ0v) is 21.6. The van der Waals surface area contributed by atoms with Gasteiger partial charge < -0.3 is 10.1 Å². The lowest BCUT2D eigenvalue weighted by atomic mass is 10.0. The number of hydrogen-bond donors (Lipinski definition) is 1. The SMILES string of the molecule is CC(C)CCOc1ccc(-c2nn(-c3ccccc3)cc2C2CC2C(=O)NC2CCS(=O)(=O)C2)cc1. The van der Waals surface area contributed by atoms with Crippen LogP contribution in [0.3, 0.4) is 0 Å². The van der Waals surface area contributed by atoms with Crippen LogP contribution in [0, 0.1) is 11.8 Å². The van der Waals surface area contributed by atoms with Gasteiger partial charge in [0.2, 0.25) is 5.91 Å². The van der Waals surface area contributed by atoms with Crippen molar-refractivity contribution in [2.75, 3.05) is 18.1 Å². The number of carbonyl (C=O) groups excluding carboxylic acids is 1. The second kappa shape index (κ2) is 10.1. The van der Waals surface area contributed by atoms with Gasteiger partial charge in [0.25, 0.3) is 0 Å². The second-order valence-electron chi connectivity index (χ2n) is 10.3. The molecule has 8 heteroatoms. The molecule has 5 rings (SSSR count). The molecule has 1 aliphatic heterocycles. The Labute approximate surface area is 212 Å². The van der Waals surface area contributed by atoms with Crippen molar-refractivity contribution < 1.29 is 17.9 Å². The van der Waals surface area contributed by atoms with Gasteiger partial charge in [0.15, 0.2) is 9.84 Å². The van der Waals surface area contributed by atoms with E-state index in [0.29, 0.717) is 18.9 Å². The van der Waals surface area contributed by atoms with Crippen LogP contribution in [0.2, 0.25) is 0 Å². The quantitative estimate of drug-likeness (QED) is 0.465. The van der Waals surface area contributed by atoms with Gasteiger partial charge in [-0.1, -0.05) is 32.0 Å². The van der Waals surface area contributed by atoms with Crippen LogP contribution in [-0.2, 0) is 14.6 Å². The predicted molar refractivity (Wildman–Crippen MR) is 140 cm³/mol. The lowest BCUT2D eigenvalue weighted by Crippen LogP contribution is -2.36. The topological polar surface area (TPSA) is 90.3 Å². The molecule has 2 aromatic carbocycles. The number of carbonyl (C=O) groups is 1. The van der Waals surface area contributed by atoms with Crippen LogP contribution in [0.4, 0.5) is 0 Å². The summed E-state index contributed by atoms with van der Waals surface area (Å²) in [6.45, 7) is 5.04. The summed E-state index contributed by atoms with van der Waals surface area (Å²) in [5, 5.41) is 7.87. The van der Waals surface area contributed by atoms with E-state index in [-0.39, 0.29) is 35.3 Å². The molecule has 1 N–H and O–H groups in total. The standard InChI is InChI=1S/C28H33N3O4S/c1-19(2)12-14-35-23-10-8-20(9-11-23)27-26(17-31(30-27)22-6-4-3-5-7-22)24-16-25(24)28(32)29-21-13-15-36(33,34)18-21/h3-11,17,19,21,24-25H,12-16,18H2,1-2H3,(H,29,32). The largest absolute Gasteiger partial charge is 0.494 e. The van der Waals surface area contributed by atoms with E-state index < -0.39 is 9.84 Å². The maximum Gasteiger partial charge on any atom is 0.223 e. The monoisotopic (exact) mass is 507 g/mol. The molecule has 0 spiro atoms. The van der Waals surface area contributed by atoms with Crippen molar-refractivity contribution in [3.63, 3.8) is 0 Å². The predicted octanol–water partition coefficient (Wildman–Crippen LogP) is 4.37. The summed E-state index contributed by atoms with van der Waals surface area (Å²) in [6, 6.07) is 17.6. The summed E-state index contributed by atoms with van der Waals surface area (Å²) in [5.74, 6) is 1.44. The Balaban J connectivity index is 1.36. The fourth-order valence-electron chi connectivity index (χ4n) is 4.76. The van der Waals surface area contributed by atoms with Crippen LogP contribution in [-0.4, -0.2) is 48.3 Å². The maximum atomic E-state index is 12.9. The third kappa shape index (κ3) is 5.64. The summed E-state index contributed by atoms with van der Waals surface area (Å²) in [4.78, 5) is 12.9. The molecule has 0 radical (unpaired) electrons. The molecule has 36 heavy (non-hydrogen) atoms. The van der Waals surface area contributed by atoms with Crippen LogP contribution in [0.15, 0.2) is 60.8 Å². The Bertz CT molecular complexity index is 1320. The third-order valence-corrected chi connectivity index (χ3v) is 8.73. The molecule has 190 valence electrons. The van der Waals surface area contributed by atoms with Gasteiger partial charge in [0.1, 0.15) is 5.75 Å². The van der Waals surface area contributed by atoms with E-state index in [4.69, 9.17) is 9.84 Å². The van der Waals surface area contributed by atoms with Crippen LogP contribution < -0.4 is 10.1 Å². The molecule has 3 aromatic rings. The van der Waals surface area contributed by atoms with E-state index in [1.165, 1.54) is 0 Å². The van der Waals surface area contributed by atoms with Gasteiger partial charge in [-0.05, 0) is 67.5 Å². The van der Waals surface area contributed by atoms with Crippen LogP contribution >= 0.6 is 0 Å². The molecule has 1 saturated heterocycles. The second-order valence-corrected chi connectivity index (χ2v) is 12.6. The Morgan fingerprint density at radius 1 is 1.14 bits per heavy atom. The zero-order chi connectivity index (χ0) is 25.3. The van der Waals surface area contributed by atoms with Crippen molar-refractivity contribution >= 4 is 15.7 Å². The van der Waals surface area contributed by atoms with Crippen molar-refractivity contribution in [2.45, 2.75) is 45.1 Å². The first-order valence-corrected chi connectivity index (χ1v) is 14.5. The van der Waals surface area contributed by atoms with E-state index in [9.17, 15) is 13.2 Å².